The van der Waals surface area contributed by atoms with Crippen molar-refractivity contribution in [3.05, 3.63) is 40.8 Å². The van der Waals surface area contributed by atoms with Crippen molar-refractivity contribution in [2.24, 2.45) is 5.92 Å². The molecule has 2 heterocycles. The molecule has 1 atom stereocenters. The maximum absolute atomic E-state index is 12.1. The summed E-state index contributed by atoms with van der Waals surface area (Å²) in [5.74, 6) is 0.649. The molecule has 25 heavy (non-hydrogen) atoms. The van der Waals surface area contributed by atoms with E-state index < -0.39 is 6.04 Å². The van der Waals surface area contributed by atoms with Crippen molar-refractivity contribution < 1.29 is 9.59 Å². The van der Waals surface area contributed by atoms with Crippen LogP contribution in [0.15, 0.2) is 24.4 Å². The van der Waals surface area contributed by atoms with Crippen molar-refractivity contribution in [2.45, 2.75) is 33.2 Å². The number of hydrogen-bond donors (Lipinski definition) is 2. The number of benzene rings is 1. The normalized spacial score (nSPS) is 15.8. The van der Waals surface area contributed by atoms with Gasteiger partial charge in [-0.2, -0.15) is 0 Å². The molecule has 1 fully saturated rings. The number of H-pyrrole nitrogens is 1. The van der Waals surface area contributed by atoms with Gasteiger partial charge in [-0.15, -0.1) is 0 Å². The Kier molecular flexibility index (Phi) is 4.81. The minimum absolute atomic E-state index is 0.0325. The van der Waals surface area contributed by atoms with Gasteiger partial charge in [0.05, 0.1) is 29.5 Å². The standard InChI is InChI=1S/C18H21ClN4O2/c1-10(2)6-15(23-16(24)9-21-18(23)25)17-20-8-14(22-17)12-5-4-11(3)7-13(12)19/h4-5,7-8,10,15H,6,9H2,1-3H3,(H,20,22)(H,21,25). The number of hydrogen-bond acceptors (Lipinski definition) is 3. The Morgan fingerprint density at radius 1 is 1.32 bits per heavy atom. The molecule has 1 aliphatic rings. The molecular weight excluding hydrogens is 340 g/mol. The van der Waals surface area contributed by atoms with Crippen LogP contribution in [0.1, 0.15) is 37.7 Å². The van der Waals surface area contributed by atoms with E-state index in [4.69, 9.17) is 11.6 Å². The molecular formula is C18H21ClN4O2. The van der Waals surface area contributed by atoms with Crippen LogP contribution < -0.4 is 5.32 Å². The van der Waals surface area contributed by atoms with E-state index in [1.807, 2.05) is 39.0 Å². The lowest BCUT2D eigenvalue weighted by Gasteiger charge is -2.25. The van der Waals surface area contributed by atoms with E-state index in [1.165, 1.54) is 4.90 Å². The molecule has 0 bridgehead atoms. The van der Waals surface area contributed by atoms with Crippen molar-refractivity contribution in [3.63, 3.8) is 0 Å². The van der Waals surface area contributed by atoms with Crippen LogP contribution in [0, 0.1) is 12.8 Å². The summed E-state index contributed by atoms with van der Waals surface area (Å²) in [6.07, 6.45) is 2.32. The Hall–Kier alpha value is -2.34. The molecule has 1 aromatic heterocycles. The quantitative estimate of drug-likeness (QED) is 0.798. The van der Waals surface area contributed by atoms with E-state index in [1.54, 1.807) is 6.20 Å². The first-order valence-electron chi connectivity index (χ1n) is 8.28. The van der Waals surface area contributed by atoms with Gasteiger partial charge in [0.1, 0.15) is 5.82 Å². The third kappa shape index (κ3) is 3.54. The number of nitrogens with zero attached hydrogens (tertiary/aromatic N) is 2. The smallest absolute Gasteiger partial charge is 0.325 e. The monoisotopic (exact) mass is 360 g/mol. The Labute approximate surface area is 151 Å². The summed E-state index contributed by atoms with van der Waals surface area (Å²) in [7, 11) is 0. The first kappa shape index (κ1) is 17.5. The number of aryl methyl sites for hydroxylation is 1. The van der Waals surface area contributed by atoms with Gasteiger partial charge in [0.2, 0.25) is 0 Å². The van der Waals surface area contributed by atoms with Crippen LogP contribution >= 0.6 is 11.6 Å². The maximum atomic E-state index is 12.1. The molecule has 3 amide bonds. The minimum atomic E-state index is -0.423. The zero-order valence-electron chi connectivity index (χ0n) is 14.5. The second-order valence-electron chi connectivity index (χ2n) is 6.73. The summed E-state index contributed by atoms with van der Waals surface area (Å²) in [6, 6.07) is 5.00. The summed E-state index contributed by atoms with van der Waals surface area (Å²) >= 11 is 6.33. The molecule has 132 valence electrons. The summed E-state index contributed by atoms with van der Waals surface area (Å²) in [5.41, 5.74) is 2.68. The molecule has 0 radical (unpaired) electrons. The van der Waals surface area contributed by atoms with Gasteiger partial charge in [-0.05, 0) is 30.9 Å². The van der Waals surface area contributed by atoms with Crippen molar-refractivity contribution >= 4 is 23.5 Å². The molecule has 6 nitrogen and oxygen atoms in total. The Morgan fingerprint density at radius 2 is 2.08 bits per heavy atom. The predicted molar refractivity (Wildman–Crippen MR) is 96.2 cm³/mol. The summed E-state index contributed by atoms with van der Waals surface area (Å²) in [6.45, 7) is 6.10. The van der Waals surface area contributed by atoms with Gasteiger partial charge in [-0.25, -0.2) is 9.78 Å². The molecule has 1 saturated heterocycles. The van der Waals surface area contributed by atoms with Gasteiger partial charge in [-0.3, -0.25) is 9.69 Å². The number of halogens is 1. The number of aromatic amines is 1. The van der Waals surface area contributed by atoms with Gasteiger partial charge in [0, 0.05) is 5.56 Å². The first-order chi connectivity index (χ1) is 11.9. The second-order valence-corrected chi connectivity index (χ2v) is 7.14. The fraction of sp³-hybridized carbons (Fsp3) is 0.389. The van der Waals surface area contributed by atoms with Gasteiger partial charge >= 0.3 is 6.03 Å². The third-order valence-electron chi connectivity index (χ3n) is 4.21. The molecule has 1 aliphatic heterocycles. The highest BCUT2D eigenvalue weighted by molar-refractivity contribution is 6.33. The lowest BCUT2D eigenvalue weighted by atomic mass is 10.0. The number of aromatic nitrogens is 2. The second kappa shape index (κ2) is 6.88. The number of imidazole rings is 1. The lowest BCUT2D eigenvalue weighted by molar-refractivity contribution is -0.127. The lowest BCUT2D eigenvalue weighted by Crippen LogP contribution is -2.36. The number of amides is 3. The molecule has 1 unspecified atom stereocenters. The van der Waals surface area contributed by atoms with Crippen molar-refractivity contribution in [2.75, 3.05) is 6.54 Å². The topological polar surface area (TPSA) is 78.1 Å². The van der Waals surface area contributed by atoms with Crippen LogP contribution in [0.3, 0.4) is 0 Å². The highest BCUT2D eigenvalue weighted by atomic mass is 35.5. The van der Waals surface area contributed by atoms with Gasteiger partial charge in [-0.1, -0.05) is 37.6 Å². The highest BCUT2D eigenvalue weighted by Gasteiger charge is 2.37. The number of carbonyl (C=O) groups is 2. The SMILES string of the molecule is Cc1ccc(-c2cnc(C(CC(C)C)N3C(=O)CNC3=O)[nH]2)c(Cl)c1. The number of imide groups is 1. The number of urea groups is 1. The number of rotatable bonds is 5. The summed E-state index contributed by atoms with van der Waals surface area (Å²) < 4.78 is 0. The maximum Gasteiger partial charge on any atom is 0.325 e. The van der Waals surface area contributed by atoms with Gasteiger partial charge < -0.3 is 10.3 Å². The predicted octanol–water partition coefficient (Wildman–Crippen LogP) is 3.68. The zero-order valence-corrected chi connectivity index (χ0v) is 15.2. The average Bonchev–Trinajstić information content (AvgIpc) is 3.13. The van der Waals surface area contributed by atoms with E-state index in [0.29, 0.717) is 23.2 Å². The molecule has 2 N–H and O–H groups in total. The molecule has 0 aliphatic carbocycles. The van der Waals surface area contributed by atoms with E-state index in [2.05, 4.69) is 15.3 Å². The molecule has 0 spiro atoms. The van der Waals surface area contributed by atoms with E-state index in [9.17, 15) is 9.59 Å². The largest absolute Gasteiger partial charge is 0.340 e. The average molecular weight is 361 g/mol. The fourth-order valence-corrected chi connectivity index (χ4v) is 3.35. The third-order valence-corrected chi connectivity index (χ3v) is 4.52. The van der Waals surface area contributed by atoms with Crippen LogP contribution in [-0.4, -0.2) is 33.4 Å². The fourth-order valence-electron chi connectivity index (χ4n) is 3.02. The van der Waals surface area contributed by atoms with Crippen molar-refractivity contribution in [1.82, 2.24) is 20.2 Å². The Morgan fingerprint density at radius 3 is 2.68 bits per heavy atom. The van der Waals surface area contributed by atoms with Gasteiger partial charge in [0.25, 0.3) is 5.91 Å². The summed E-state index contributed by atoms with van der Waals surface area (Å²) in [5, 5.41) is 3.20. The molecule has 1 aromatic carbocycles. The van der Waals surface area contributed by atoms with Crippen molar-refractivity contribution in [3.8, 4) is 11.3 Å². The van der Waals surface area contributed by atoms with E-state index in [-0.39, 0.29) is 18.5 Å². The van der Waals surface area contributed by atoms with Crippen LogP contribution in [0.5, 0.6) is 0 Å². The van der Waals surface area contributed by atoms with Crippen LogP contribution in [0.4, 0.5) is 4.79 Å². The number of nitrogens with one attached hydrogen (secondary N) is 2. The molecule has 0 saturated carbocycles. The van der Waals surface area contributed by atoms with Crippen LogP contribution in [0.25, 0.3) is 11.3 Å². The van der Waals surface area contributed by atoms with E-state index in [0.717, 1.165) is 16.8 Å². The first-order valence-corrected chi connectivity index (χ1v) is 8.66. The number of carbonyl (C=O) groups excluding carboxylic acids is 2. The summed E-state index contributed by atoms with van der Waals surface area (Å²) in [4.78, 5) is 33.2. The molecule has 7 heteroatoms. The Balaban J connectivity index is 1.96. The zero-order chi connectivity index (χ0) is 18.1. The highest BCUT2D eigenvalue weighted by Crippen LogP contribution is 2.32. The molecule has 3 rings (SSSR count). The van der Waals surface area contributed by atoms with E-state index >= 15 is 0 Å². The Bertz CT molecular complexity index is 799. The van der Waals surface area contributed by atoms with Crippen molar-refractivity contribution in [1.29, 1.82) is 0 Å². The minimum Gasteiger partial charge on any atom is -0.340 e. The molecule has 2 aromatic rings. The van der Waals surface area contributed by atoms with Crippen LogP contribution in [0.2, 0.25) is 5.02 Å². The van der Waals surface area contributed by atoms with Crippen LogP contribution in [-0.2, 0) is 4.79 Å². The van der Waals surface area contributed by atoms with Gasteiger partial charge in [0.15, 0.2) is 0 Å².